The zero-order valence-corrected chi connectivity index (χ0v) is 17.9. The molecular weight excluding hydrogens is 406 g/mol. The van der Waals surface area contributed by atoms with Crippen LogP contribution in [0.3, 0.4) is 0 Å². The van der Waals surface area contributed by atoms with Gasteiger partial charge in [-0.3, -0.25) is 19.5 Å². The van der Waals surface area contributed by atoms with Gasteiger partial charge in [0.1, 0.15) is 17.2 Å². The number of hydrogen-bond donors (Lipinski definition) is 1. The van der Waals surface area contributed by atoms with Crippen molar-refractivity contribution >= 4 is 23.1 Å². The second-order valence-electron chi connectivity index (χ2n) is 7.08. The lowest BCUT2D eigenvalue weighted by molar-refractivity contribution is -0.137. The van der Waals surface area contributed by atoms with E-state index in [2.05, 4.69) is 10.3 Å². The minimum absolute atomic E-state index is 0.0856. The van der Waals surface area contributed by atoms with Gasteiger partial charge >= 0.3 is 0 Å². The van der Waals surface area contributed by atoms with E-state index in [9.17, 15) is 9.59 Å². The van der Waals surface area contributed by atoms with Gasteiger partial charge in [-0.1, -0.05) is 24.3 Å². The van der Waals surface area contributed by atoms with Crippen molar-refractivity contribution in [2.24, 2.45) is 0 Å². The Kier molecular flexibility index (Phi) is 6.17. The van der Waals surface area contributed by atoms with Gasteiger partial charge in [0.15, 0.2) is 0 Å². The molecule has 3 aromatic rings. The van der Waals surface area contributed by atoms with Gasteiger partial charge < -0.3 is 14.8 Å². The topological polar surface area (TPSA) is 80.8 Å². The van der Waals surface area contributed by atoms with Crippen LogP contribution in [-0.4, -0.2) is 35.4 Å². The fraction of sp³-hybridized carbons (Fsp3) is 0.160. The molecule has 1 aliphatic heterocycles. The Bertz CT molecular complexity index is 1160. The van der Waals surface area contributed by atoms with Crippen LogP contribution in [0, 0.1) is 0 Å². The van der Waals surface area contributed by atoms with E-state index in [4.69, 9.17) is 9.47 Å². The van der Waals surface area contributed by atoms with Gasteiger partial charge in [-0.15, -0.1) is 0 Å². The van der Waals surface area contributed by atoms with Gasteiger partial charge in [-0.2, -0.15) is 0 Å². The molecular formula is C25H23N3O4. The number of benzene rings is 2. The van der Waals surface area contributed by atoms with Gasteiger partial charge in [-0.25, -0.2) is 0 Å². The van der Waals surface area contributed by atoms with Crippen molar-refractivity contribution in [2.45, 2.75) is 13.5 Å². The predicted molar refractivity (Wildman–Crippen MR) is 121 cm³/mol. The van der Waals surface area contributed by atoms with Gasteiger partial charge in [0.25, 0.3) is 11.8 Å². The molecule has 0 unspecified atom stereocenters. The summed E-state index contributed by atoms with van der Waals surface area (Å²) in [6, 6.07) is 19.7. The second kappa shape index (κ2) is 9.34. The largest absolute Gasteiger partial charge is 0.497 e. The number of ether oxygens (including phenoxy) is 2. The monoisotopic (exact) mass is 429 g/mol. The molecule has 0 bridgehead atoms. The molecule has 0 saturated carbocycles. The molecule has 0 aliphatic carbocycles. The third kappa shape index (κ3) is 4.32. The van der Waals surface area contributed by atoms with E-state index in [0.717, 1.165) is 0 Å². The maximum atomic E-state index is 13.4. The molecule has 1 aliphatic rings. The zero-order chi connectivity index (χ0) is 22.5. The van der Waals surface area contributed by atoms with Crippen LogP contribution in [0.15, 0.2) is 78.6 Å². The number of amides is 2. The SMILES string of the molecule is CCOc1cccc(NC2=C(c3ccc(OC)cc3)C(=O)N(Cc3ccccn3)C2=O)c1. The Morgan fingerprint density at radius 2 is 1.75 bits per heavy atom. The summed E-state index contributed by atoms with van der Waals surface area (Å²) in [5.41, 5.74) is 2.41. The number of hydrogen-bond acceptors (Lipinski definition) is 6. The number of nitrogens with one attached hydrogen (secondary N) is 1. The molecule has 32 heavy (non-hydrogen) atoms. The fourth-order valence-corrected chi connectivity index (χ4v) is 3.49. The molecule has 2 amide bonds. The quantitative estimate of drug-likeness (QED) is 0.548. The van der Waals surface area contributed by atoms with Gasteiger partial charge in [0.05, 0.1) is 31.5 Å². The van der Waals surface area contributed by atoms with Gasteiger partial charge in [0.2, 0.25) is 0 Å². The number of nitrogens with zero attached hydrogens (tertiary/aromatic N) is 2. The van der Waals surface area contributed by atoms with Crippen molar-refractivity contribution < 1.29 is 19.1 Å². The Hall–Kier alpha value is -4.13. The van der Waals surface area contributed by atoms with Crippen LogP contribution in [0.2, 0.25) is 0 Å². The highest BCUT2D eigenvalue weighted by Crippen LogP contribution is 2.32. The molecule has 7 heteroatoms. The number of carbonyl (C=O) groups is 2. The first-order chi connectivity index (χ1) is 15.6. The first-order valence-electron chi connectivity index (χ1n) is 10.3. The Balaban J connectivity index is 1.72. The van der Waals surface area contributed by atoms with Crippen LogP contribution in [-0.2, 0) is 16.1 Å². The third-order valence-corrected chi connectivity index (χ3v) is 5.01. The van der Waals surface area contributed by atoms with Gasteiger partial charge in [0, 0.05) is 18.0 Å². The van der Waals surface area contributed by atoms with E-state index in [1.54, 1.807) is 55.8 Å². The van der Waals surface area contributed by atoms with Crippen molar-refractivity contribution in [3.63, 3.8) is 0 Å². The number of pyridine rings is 1. The van der Waals surface area contributed by atoms with Crippen molar-refractivity contribution in [3.05, 3.63) is 89.9 Å². The maximum absolute atomic E-state index is 13.4. The Morgan fingerprint density at radius 3 is 2.44 bits per heavy atom. The van der Waals surface area contributed by atoms with E-state index in [1.165, 1.54) is 4.90 Å². The molecule has 2 aromatic carbocycles. The summed E-state index contributed by atoms with van der Waals surface area (Å²) >= 11 is 0. The third-order valence-electron chi connectivity index (χ3n) is 5.01. The van der Waals surface area contributed by atoms with Gasteiger partial charge in [-0.05, 0) is 48.9 Å². The van der Waals surface area contributed by atoms with Crippen LogP contribution < -0.4 is 14.8 Å². The maximum Gasteiger partial charge on any atom is 0.278 e. The fourth-order valence-electron chi connectivity index (χ4n) is 3.49. The normalized spacial score (nSPS) is 13.5. The molecule has 1 aromatic heterocycles. The first kappa shape index (κ1) is 21.1. The van der Waals surface area contributed by atoms with Crippen LogP contribution in [0.5, 0.6) is 11.5 Å². The second-order valence-corrected chi connectivity index (χ2v) is 7.08. The summed E-state index contributed by atoms with van der Waals surface area (Å²) in [5.74, 6) is 0.546. The lowest BCUT2D eigenvalue weighted by Gasteiger charge is -2.15. The molecule has 2 heterocycles. The van der Waals surface area contributed by atoms with Crippen molar-refractivity contribution in [2.75, 3.05) is 19.0 Å². The number of carbonyl (C=O) groups excluding carboxylic acids is 2. The van der Waals surface area contributed by atoms with E-state index in [0.29, 0.717) is 40.6 Å². The average Bonchev–Trinajstić information content (AvgIpc) is 3.04. The molecule has 0 radical (unpaired) electrons. The highest BCUT2D eigenvalue weighted by Gasteiger charge is 2.39. The van der Waals surface area contributed by atoms with Crippen LogP contribution in [0.25, 0.3) is 5.57 Å². The zero-order valence-electron chi connectivity index (χ0n) is 17.9. The molecule has 162 valence electrons. The van der Waals surface area contributed by atoms with E-state index < -0.39 is 5.91 Å². The lowest BCUT2D eigenvalue weighted by Crippen LogP contribution is -2.32. The summed E-state index contributed by atoms with van der Waals surface area (Å²) in [5, 5.41) is 3.15. The number of methoxy groups -OCH3 is 1. The summed E-state index contributed by atoms with van der Waals surface area (Å²) in [7, 11) is 1.57. The molecule has 0 atom stereocenters. The molecule has 0 spiro atoms. The van der Waals surface area contributed by atoms with E-state index in [-0.39, 0.29) is 18.1 Å². The molecule has 0 saturated heterocycles. The Morgan fingerprint density at radius 1 is 0.938 bits per heavy atom. The number of aromatic nitrogens is 1. The molecule has 7 nitrogen and oxygen atoms in total. The van der Waals surface area contributed by atoms with Crippen molar-refractivity contribution in [1.29, 1.82) is 0 Å². The number of imide groups is 1. The molecule has 4 rings (SSSR count). The summed E-state index contributed by atoms with van der Waals surface area (Å²) < 4.78 is 10.8. The van der Waals surface area contributed by atoms with Crippen molar-refractivity contribution in [1.82, 2.24) is 9.88 Å². The highest BCUT2D eigenvalue weighted by atomic mass is 16.5. The first-order valence-corrected chi connectivity index (χ1v) is 10.3. The van der Waals surface area contributed by atoms with Crippen LogP contribution >= 0.6 is 0 Å². The number of anilines is 1. The predicted octanol–water partition coefficient (Wildman–Crippen LogP) is 3.88. The van der Waals surface area contributed by atoms with Crippen molar-refractivity contribution in [3.8, 4) is 11.5 Å². The van der Waals surface area contributed by atoms with E-state index >= 15 is 0 Å². The van der Waals surface area contributed by atoms with Crippen LogP contribution in [0.4, 0.5) is 5.69 Å². The average molecular weight is 429 g/mol. The van der Waals surface area contributed by atoms with E-state index in [1.807, 2.05) is 31.2 Å². The minimum atomic E-state index is -0.409. The lowest BCUT2D eigenvalue weighted by atomic mass is 10.0. The number of rotatable bonds is 8. The standard InChI is InChI=1S/C25H23N3O4/c1-3-32-21-9-6-8-18(15-21)27-23-22(17-10-12-20(31-2)13-11-17)24(29)28(25(23)30)16-19-7-4-5-14-26-19/h4-15,27H,3,16H2,1-2H3. The Labute approximate surface area is 186 Å². The van der Waals surface area contributed by atoms with Crippen LogP contribution in [0.1, 0.15) is 18.2 Å². The summed E-state index contributed by atoms with van der Waals surface area (Å²) in [4.78, 5) is 32.2. The molecule has 0 fully saturated rings. The minimum Gasteiger partial charge on any atom is -0.497 e. The summed E-state index contributed by atoms with van der Waals surface area (Å²) in [6.45, 7) is 2.51. The smallest absolute Gasteiger partial charge is 0.278 e. The highest BCUT2D eigenvalue weighted by molar-refractivity contribution is 6.36. The molecule has 1 N–H and O–H groups in total. The summed E-state index contributed by atoms with van der Waals surface area (Å²) in [6.07, 6.45) is 1.64.